The van der Waals surface area contributed by atoms with Crippen molar-refractivity contribution in [2.45, 2.75) is 19.6 Å². The fourth-order valence-corrected chi connectivity index (χ4v) is 0.643. The van der Waals surface area contributed by atoms with E-state index in [2.05, 4.69) is 0 Å². The molecular weight excluding hydrogens is 194 g/mol. The van der Waals surface area contributed by atoms with Crippen molar-refractivity contribution in [1.29, 1.82) is 0 Å². The lowest BCUT2D eigenvalue weighted by molar-refractivity contribution is -0.486. The average Bonchev–Trinajstić information content (AvgIpc) is 2.00. The van der Waals surface area contributed by atoms with Gasteiger partial charge in [0.15, 0.2) is 5.79 Å². The maximum atomic E-state index is 10.1. The summed E-state index contributed by atoms with van der Waals surface area (Å²) in [6.45, 7) is 2.05. The van der Waals surface area contributed by atoms with Crippen molar-refractivity contribution in [2.75, 3.05) is 19.8 Å². The molecule has 0 aliphatic heterocycles. The zero-order valence-electron chi connectivity index (χ0n) is 8.06. The molecule has 0 unspecified atom stereocenters. The van der Waals surface area contributed by atoms with Gasteiger partial charge < -0.3 is 14.6 Å². The molecule has 7 heteroatoms. The molecule has 1 N–H and O–H groups in total. The van der Waals surface area contributed by atoms with E-state index in [1.807, 2.05) is 0 Å². The predicted octanol–water partition coefficient (Wildman–Crippen LogP) is 0.117. The highest BCUT2D eigenvalue weighted by atomic mass is 16.7. The lowest BCUT2D eigenvalue weighted by Crippen LogP contribution is -2.32. The highest BCUT2D eigenvalue weighted by Crippen LogP contribution is 2.10. The number of hydrogen-bond donors (Lipinski definition) is 1. The van der Waals surface area contributed by atoms with Crippen LogP contribution in [-0.4, -0.2) is 41.5 Å². The molecule has 0 aromatic heterocycles. The van der Waals surface area contributed by atoms with Crippen molar-refractivity contribution in [3.63, 3.8) is 0 Å². The van der Waals surface area contributed by atoms with Crippen molar-refractivity contribution in [2.24, 2.45) is 0 Å². The Balaban J connectivity index is 3.71. The Bertz CT molecular complexity index is 214. The van der Waals surface area contributed by atoms with E-state index in [-0.39, 0.29) is 13.2 Å². The van der Waals surface area contributed by atoms with Crippen LogP contribution in [0.2, 0.25) is 0 Å². The first-order valence-corrected chi connectivity index (χ1v) is 3.95. The fraction of sp³-hybridized carbons (Fsp3) is 0.857. The summed E-state index contributed by atoms with van der Waals surface area (Å²) in [5.41, 5.74) is 0. The first kappa shape index (κ1) is 12.8. The number of hydrogen-bond acceptors (Lipinski definition) is 5. The third kappa shape index (κ3) is 7.44. The summed E-state index contributed by atoms with van der Waals surface area (Å²) in [5.74, 6) is -2.23. The smallest absolute Gasteiger partial charge is 0.329 e. The van der Waals surface area contributed by atoms with Crippen LogP contribution in [0.4, 0.5) is 0 Å². The summed E-state index contributed by atoms with van der Waals surface area (Å²) in [6, 6.07) is 0. The van der Waals surface area contributed by atoms with Crippen molar-refractivity contribution in [3.8, 4) is 0 Å². The van der Waals surface area contributed by atoms with Crippen LogP contribution in [0.25, 0.3) is 0 Å². The molecule has 0 aromatic rings. The molecular formula is C7H13NO6. The largest absolute Gasteiger partial charge is 0.480 e. The number of nitrogens with zero attached hydrogens (tertiary/aromatic N) is 1. The van der Waals surface area contributed by atoms with Gasteiger partial charge in [0.25, 0.3) is 0 Å². The summed E-state index contributed by atoms with van der Waals surface area (Å²) in [6.07, 6.45) is 0. The molecule has 14 heavy (non-hydrogen) atoms. The standard InChI is InChI=1S/C7H13NO6/c1-7(2,14-5-6(9)10)13-4-3-8(11)12/h3-5H2,1-2H3,(H,9,10). The Morgan fingerprint density at radius 1 is 1.50 bits per heavy atom. The normalized spacial score (nSPS) is 11.3. The highest BCUT2D eigenvalue weighted by molar-refractivity contribution is 5.68. The maximum absolute atomic E-state index is 10.1. The van der Waals surface area contributed by atoms with Gasteiger partial charge >= 0.3 is 5.97 Å². The van der Waals surface area contributed by atoms with E-state index in [1.54, 1.807) is 0 Å². The van der Waals surface area contributed by atoms with Crippen molar-refractivity contribution >= 4 is 5.97 Å². The molecule has 0 atom stereocenters. The van der Waals surface area contributed by atoms with Gasteiger partial charge in [-0.05, 0) is 13.8 Å². The summed E-state index contributed by atoms with van der Waals surface area (Å²) < 4.78 is 9.79. The summed E-state index contributed by atoms with van der Waals surface area (Å²) in [4.78, 5) is 19.6. The number of ether oxygens (including phenoxy) is 2. The molecule has 0 spiro atoms. The average molecular weight is 207 g/mol. The third-order valence-electron chi connectivity index (χ3n) is 1.27. The Morgan fingerprint density at radius 2 is 2.07 bits per heavy atom. The Hall–Kier alpha value is -1.21. The van der Waals surface area contributed by atoms with Gasteiger partial charge in [-0.2, -0.15) is 0 Å². The van der Waals surface area contributed by atoms with Gasteiger partial charge in [0.1, 0.15) is 13.2 Å². The quantitative estimate of drug-likeness (QED) is 0.361. The van der Waals surface area contributed by atoms with E-state index in [4.69, 9.17) is 14.6 Å². The Labute approximate surface area is 80.8 Å². The molecule has 0 saturated heterocycles. The first-order valence-electron chi connectivity index (χ1n) is 3.95. The Kier molecular flexibility index (Phi) is 5.03. The van der Waals surface area contributed by atoms with Crippen LogP contribution in [0, 0.1) is 10.1 Å². The predicted molar refractivity (Wildman–Crippen MR) is 45.5 cm³/mol. The molecule has 0 saturated carbocycles. The van der Waals surface area contributed by atoms with Crippen molar-refractivity contribution in [1.82, 2.24) is 0 Å². The zero-order chi connectivity index (χ0) is 11.2. The van der Waals surface area contributed by atoms with Crippen LogP contribution in [-0.2, 0) is 14.3 Å². The van der Waals surface area contributed by atoms with E-state index in [0.717, 1.165) is 0 Å². The van der Waals surface area contributed by atoms with E-state index < -0.39 is 23.3 Å². The molecule has 0 aromatic carbocycles. The van der Waals surface area contributed by atoms with Crippen LogP contribution in [0.15, 0.2) is 0 Å². The van der Waals surface area contributed by atoms with Gasteiger partial charge in [0.2, 0.25) is 6.54 Å². The zero-order valence-corrected chi connectivity index (χ0v) is 8.06. The second-order valence-electron chi connectivity index (χ2n) is 2.99. The second-order valence-corrected chi connectivity index (χ2v) is 2.99. The van der Waals surface area contributed by atoms with E-state index in [0.29, 0.717) is 0 Å². The molecule has 0 aliphatic rings. The minimum Gasteiger partial charge on any atom is -0.480 e. The molecule has 82 valence electrons. The fourth-order valence-electron chi connectivity index (χ4n) is 0.643. The first-order chi connectivity index (χ1) is 6.33. The molecule has 0 radical (unpaired) electrons. The van der Waals surface area contributed by atoms with Gasteiger partial charge in [-0.3, -0.25) is 10.1 Å². The molecule has 0 aliphatic carbocycles. The molecule has 0 fully saturated rings. The number of aliphatic carboxylic acids is 1. The minimum atomic E-state index is -1.12. The van der Waals surface area contributed by atoms with Gasteiger partial charge in [0, 0.05) is 4.92 Å². The monoisotopic (exact) mass is 207 g/mol. The van der Waals surface area contributed by atoms with Crippen molar-refractivity contribution < 1.29 is 24.3 Å². The number of rotatable bonds is 7. The second kappa shape index (κ2) is 5.51. The SMILES string of the molecule is CC(C)(OCC[N+](=O)[O-])OCC(=O)O. The summed E-state index contributed by atoms with van der Waals surface area (Å²) in [7, 11) is 0. The van der Waals surface area contributed by atoms with Gasteiger partial charge in [0.05, 0.1) is 0 Å². The van der Waals surface area contributed by atoms with Gasteiger partial charge in [-0.25, -0.2) is 4.79 Å². The van der Waals surface area contributed by atoms with E-state index in [9.17, 15) is 14.9 Å². The Morgan fingerprint density at radius 3 is 2.50 bits per heavy atom. The molecule has 0 rings (SSSR count). The molecule has 7 nitrogen and oxygen atoms in total. The topological polar surface area (TPSA) is 98.9 Å². The van der Waals surface area contributed by atoms with Crippen LogP contribution >= 0.6 is 0 Å². The minimum absolute atomic E-state index is 0.111. The number of carboxylic acid groups (broad SMARTS) is 1. The van der Waals surface area contributed by atoms with E-state index in [1.165, 1.54) is 13.8 Å². The third-order valence-corrected chi connectivity index (χ3v) is 1.27. The van der Waals surface area contributed by atoms with Gasteiger partial charge in [-0.15, -0.1) is 0 Å². The van der Waals surface area contributed by atoms with Crippen molar-refractivity contribution in [3.05, 3.63) is 10.1 Å². The number of nitro groups is 1. The van der Waals surface area contributed by atoms with Crippen LogP contribution < -0.4 is 0 Å². The van der Waals surface area contributed by atoms with Crippen LogP contribution in [0.3, 0.4) is 0 Å². The lowest BCUT2D eigenvalue weighted by atomic mass is 10.4. The lowest BCUT2D eigenvalue weighted by Gasteiger charge is -2.23. The summed E-state index contributed by atoms with van der Waals surface area (Å²) >= 11 is 0. The highest BCUT2D eigenvalue weighted by Gasteiger charge is 2.20. The number of carbonyl (C=O) groups is 1. The molecule has 0 heterocycles. The van der Waals surface area contributed by atoms with Gasteiger partial charge in [-0.1, -0.05) is 0 Å². The molecule has 0 bridgehead atoms. The van der Waals surface area contributed by atoms with Crippen LogP contribution in [0.1, 0.15) is 13.8 Å². The number of carboxylic acids is 1. The van der Waals surface area contributed by atoms with E-state index >= 15 is 0 Å². The summed E-state index contributed by atoms with van der Waals surface area (Å²) in [5, 5.41) is 18.2. The van der Waals surface area contributed by atoms with Crippen LogP contribution in [0.5, 0.6) is 0 Å². The molecule has 0 amide bonds. The maximum Gasteiger partial charge on any atom is 0.329 e.